The van der Waals surface area contributed by atoms with Gasteiger partial charge in [-0.2, -0.15) is 0 Å². The quantitative estimate of drug-likeness (QED) is 0.797. The van der Waals surface area contributed by atoms with Crippen molar-refractivity contribution in [3.8, 4) is 5.75 Å². The van der Waals surface area contributed by atoms with E-state index in [1.165, 1.54) is 0 Å². The summed E-state index contributed by atoms with van der Waals surface area (Å²) >= 11 is 0. The van der Waals surface area contributed by atoms with Crippen molar-refractivity contribution in [3.05, 3.63) is 65.7 Å². The molecule has 5 heteroatoms. The number of hydrogen-bond donors (Lipinski definition) is 1. The van der Waals surface area contributed by atoms with E-state index in [9.17, 15) is 4.79 Å². The molecule has 0 aliphatic rings. The van der Waals surface area contributed by atoms with E-state index in [-0.39, 0.29) is 31.6 Å². The highest BCUT2D eigenvalue weighted by Crippen LogP contribution is 2.13. The van der Waals surface area contributed by atoms with Gasteiger partial charge in [0.1, 0.15) is 12.4 Å². The molecule has 0 unspecified atom stereocenters. The van der Waals surface area contributed by atoms with Crippen LogP contribution in [-0.4, -0.2) is 19.1 Å². The topological polar surface area (TPSA) is 61.5 Å². The number of halogens is 1. The van der Waals surface area contributed by atoms with Crippen LogP contribution in [0.2, 0.25) is 0 Å². The first-order chi connectivity index (χ1) is 10.3. The smallest absolute Gasteiger partial charge is 0.344 e. The first kappa shape index (κ1) is 18.0. The third kappa shape index (κ3) is 6.16. The van der Waals surface area contributed by atoms with Crippen molar-refractivity contribution in [3.63, 3.8) is 0 Å². The van der Waals surface area contributed by atoms with Gasteiger partial charge in [-0.05, 0) is 36.2 Å². The summed E-state index contributed by atoms with van der Waals surface area (Å²) in [6.45, 7) is 0.748. The zero-order chi connectivity index (χ0) is 14.9. The number of esters is 1. The Morgan fingerprint density at radius 1 is 1.00 bits per heavy atom. The molecular weight excluding hydrogens is 302 g/mol. The molecule has 0 saturated heterocycles. The summed E-state index contributed by atoms with van der Waals surface area (Å²) in [6, 6.07) is 17.1. The predicted molar refractivity (Wildman–Crippen MR) is 88.2 cm³/mol. The summed E-state index contributed by atoms with van der Waals surface area (Å²) < 4.78 is 10.6. The molecule has 0 heterocycles. The van der Waals surface area contributed by atoms with Crippen LogP contribution in [0.5, 0.6) is 5.75 Å². The first-order valence-corrected chi connectivity index (χ1v) is 6.89. The lowest BCUT2D eigenvalue weighted by Crippen LogP contribution is -2.14. The summed E-state index contributed by atoms with van der Waals surface area (Å²) in [5.74, 6) is 0.265. The van der Waals surface area contributed by atoms with E-state index >= 15 is 0 Å². The van der Waals surface area contributed by atoms with Crippen LogP contribution in [0.4, 0.5) is 0 Å². The molecule has 0 bridgehead atoms. The van der Waals surface area contributed by atoms with Gasteiger partial charge in [0.2, 0.25) is 0 Å². The molecule has 2 aromatic carbocycles. The summed E-state index contributed by atoms with van der Waals surface area (Å²) in [4.78, 5) is 11.6. The number of carbonyl (C=O) groups excluding carboxylic acids is 1. The van der Waals surface area contributed by atoms with Gasteiger partial charge in [0.15, 0.2) is 6.61 Å². The maximum absolute atomic E-state index is 11.6. The molecule has 0 aromatic heterocycles. The number of benzene rings is 2. The molecule has 4 nitrogen and oxygen atoms in total. The summed E-state index contributed by atoms with van der Waals surface area (Å²) in [5, 5.41) is 0. The molecule has 22 heavy (non-hydrogen) atoms. The second-order valence-corrected chi connectivity index (χ2v) is 4.62. The molecule has 0 amide bonds. The molecule has 2 N–H and O–H groups in total. The van der Waals surface area contributed by atoms with Gasteiger partial charge in [-0.25, -0.2) is 4.79 Å². The third-order valence-corrected chi connectivity index (χ3v) is 2.93. The molecule has 0 saturated carbocycles. The molecule has 0 radical (unpaired) electrons. The van der Waals surface area contributed by atoms with Crippen LogP contribution in [0, 0.1) is 0 Å². The van der Waals surface area contributed by atoms with Crippen LogP contribution in [-0.2, 0) is 22.6 Å². The van der Waals surface area contributed by atoms with Crippen molar-refractivity contribution < 1.29 is 14.3 Å². The molecule has 0 aliphatic carbocycles. The van der Waals surface area contributed by atoms with Gasteiger partial charge in [0.25, 0.3) is 0 Å². The SMILES string of the molecule is Cl.NCCc1cccc(OCC(=O)OCc2ccccc2)c1. The fourth-order valence-corrected chi connectivity index (χ4v) is 1.88. The highest BCUT2D eigenvalue weighted by atomic mass is 35.5. The van der Waals surface area contributed by atoms with Gasteiger partial charge >= 0.3 is 5.97 Å². The first-order valence-electron chi connectivity index (χ1n) is 6.89. The monoisotopic (exact) mass is 321 g/mol. The van der Waals surface area contributed by atoms with Gasteiger partial charge in [-0.1, -0.05) is 42.5 Å². The Morgan fingerprint density at radius 2 is 1.73 bits per heavy atom. The zero-order valence-electron chi connectivity index (χ0n) is 12.2. The lowest BCUT2D eigenvalue weighted by atomic mass is 10.1. The van der Waals surface area contributed by atoms with Crippen molar-refractivity contribution in [1.29, 1.82) is 0 Å². The van der Waals surface area contributed by atoms with E-state index in [4.69, 9.17) is 15.2 Å². The second kappa shape index (κ2) is 9.82. The van der Waals surface area contributed by atoms with E-state index in [0.29, 0.717) is 12.3 Å². The van der Waals surface area contributed by atoms with Crippen LogP contribution in [0.1, 0.15) is 11.1 Å². The van der Waals surface area contributed by atoms with Crippen molar-refractivity contribution in [2.24, 2.45) is 5.73 Å². The Hall–Kier alpha value is -2.04. The Kier molecular flexibility index (Phi) is 8.04. The minimum atomic E-state index is -0.386. The Bertz CT molecular complexity index is 575. The largest absolute Gasteiger partial charge is 0.482 e. The highest BCUT2D eigenvalue weighted by molar-refractivity contribution is 5.85. The normalized spacial score (nSPS) is 9.68. The molecule has 0 fully saturated rings. The average molecular weight is 322 g/mol. The molecule has 118 valence electrons. The highest BCUT2D eigenvalue weighted by Gasteiger charge is 2.05. The van der Waals surface area contributed by atoms with E-state index in [1.807, 2.05) is 54.6 Å². The van der Waals surface area contributed by atoms with Crippen LogP contribution in [0.3, 0.4) is 0 Å². The predicted octanol–water partition coefficient (Wildman–Crippen LogP) is 2.73. The van der Waals surface area contributed by atoms with Gasteiger partial charge in [-0.15, -0.1) is 12.4 Å². The van der Waals surface area contributed by atoms with E-state index in [2.05, 4.69) is 0 Å². The van der Waals surface area contributed by atoms with E-state index in [0.717, 1.165) is 17.5 Å². The number of rotatable bonds is 7. The average Bonchev–Trinajstić information content (AvgIpc) is 2.53. The lowest BCUT2D eigenvalue weighted by Gasteiger charge is -2.08. The van der Waals surface area contributed by atoms with Crippen molar-refractivity contribution in [2.75, 3.05) is 13.2 Å². The van der Waals surface area contributed by atoms with Crippen LogP contribution in [0.25, 0.3) is 0 Å². The minimum absolute atomic E-state index is 0. The maximum atomic E-state index is 11.6. The third-order valence-electron chi connectivity index (χ3n) is 2.93. The maximum Gasteiger partial charge on any atom is 0.344 e. The molecular formula is C17H20ClNO3. The van der Waals surface area contributed by atoms with Crippen molar-refractivity contribution >= 4 is 18.4 Å². The summed E-state index contributed by atoms with van der Waals surface area (Å²) in [6.07, 6.45) is 0.787. The summed E-state index contributed by atoms with van der Waals surface area (Å²) in [5.41, 5.74) is 7.56. The van der Waals surface area contributed by atoms with Crippen LogP contribution >= 0.6 is 12.4 Å². The fourth-order valence-electron chi connectivity index (χ4n) is 1.88. The Labute approximate surface area is 136 Å². The van der Waals surface area contributed by atoms with Crippen molar-refractivity contribution in [1.82, 2.24) is 0 Å². The van der Waals surface area contributed by atoms with Crippen LogP contribution in [0.15, 0.2) is 54.6 Å². The number of nitrogens with two attached hydrogens (primary N) is 1. The Morgan fingerprint density at radius 3 is 2.45 bits per heavy atom. The summed E-state index contributed by atoms with van der Waals surface area (Å²) in [7, 11) is 0. The van der Waals surface area contributed by atoms with E-state index in [1.54, 1.807) is 0 Å². The standard InChI is InChI=1S/C17H19NO3.ClH/c18-10-9-14-7-4-8-16(11-14)20-13-17(19)21-12-15-5-2-1-3-6-15;/h1-8,11H,9-10,12-13,18H2;1H. The molecule has 2 rings (SSSR count). The minimum Gasteiger partial charge on any atom is -0.482 e. The van der Waals surface area contributed by atoms with Crippen molar-refractivity contribution in [2.45, 2.75) is 13.0 Å². The molecule has 0 aliphatic heterocycles. The number of hydrogen-bond acceptors (Lipinski definition) is 4. The van der Waals surface area contributed by atoms with Gasteiger partial charge in [0, 0.05) is 0 Å². The lowest BCUT2D eigenvalue weighted by molar-refractivity contribution is -0.147. The van der Waals surface area contributed by atoms with E-state index < -0.39 is 0 Å². The van der Waals surface area contributed by atoms with Gasteiger partial charge in [-0.3, -0.25) is 0 Å². The fraction of sp³-hybridized carbons (Fsp3) is 0.235. The zero-order valence-corrected chi connectivity index (χ0v) is 13.1. The molecule has 0 atom stereocenters. The molecule has 0 spiro atoms. The number of carbonyl (C=O) groups is 1. The van der Waals surface area contributed by atoms with Gasteiger partial charge < -0.3 is 15.2 Å². The second-order valence-electron chi connectivity index (χ2n) is 4.62. The Balaban J connectivity index is 0.00000242. The van der Waals surface area contributed by atoms with Crippen LogP contribution < -0.4 is 10.5 Å². The molecule has 2 aromatic rings. The number of ether oxygens (including phenoxy) is 2. The van der Waals surface area contributed by atoms with Gasteiger partial charge in [0.05, 0.1) is 0 Å².